The molecule has 0 radical (unpaired) electrons. The molecular formula is C14H12ClNO4S. The van der Waals surface area contributed by atoms with Crippen molar-refractivity contribution >= 4 is 35.0 Å². The predicted octanol–water partition coefficient (Wildman–Crippen LogP) is 3.48. The number of hydrogen-bond acceptors (Lipinski definition) is 5. The molecule has 2 rings (SSSR count). The van der Waals surface area contributed by atoms with Crippen LogP contribution in [-0.2, 0) is 11.4 Å². The van der Waals surface area contributed by atoms with Gasteiger partial charge < -0.3 is 14.6 Å². The van der Waals surface area contributed by atoms with E-state index < -0.39 is 5.97 Å². The molecule has 1 aromatic carbocycles. The third-order valence-electron chi connectivity index (χ3n) is 2.51. The van der Waals surface area contributed by atoms with E-state index in [-0.39, 0.29) is 0 Å². The second-order valence-electron chi connectivity index (χ2n) is 3.96. The van der Waals surface area contributed by atoms with Crippen molar-refractivity contribution in [2.45, 2.75) is 6.61 Å². The summed E-state index contributed by atoms with van der Waals surface area (Å²) in [6.45, 7) is 0.338. The van der Waals surface area contributed by atoms with Crippen LogP contribution in [0.2, 0.25) is 5.02 Å². The zero-order valence-electron chi connectivity index (χ0n) is 11.1. The number of benzene rings is 1. The van der Waals surface area contributed by atoms with Gasteiger partial charge in [0.15, 0.2) is 11.5 Å². The molecule has 21 heavy (non-hydrogen) atoms. The Morgan fingerprint density at radius 2 is 2.33 bits per heavy atom. The summed E-state index contributed by atoms with van der Waals surface area (Å²) in [5, 5.41) is 8.99. The highest BCUT2D eigenvalue weighted by Crippen LogP contribution is 2.37. The van der Waals surface area contributed by atoms with Crippen molar-refractivity contribution in [1.82, 2.24) is 4.98 Å². The molecule has 0 amide bonds. The molecule has 0 aliphatic heterocycles. The van der Waals surface area contributed by atoms with Crippen molar-refractivity contribution in [1.29, 1.82) is 0 Å². The van der Waals surface area contributed by atoms with Gasteiger partial charge in [0.2, 0.25) is 0 Å². The van der Waals surface area contributed by atoms with E-state index in [1.807, 2.05) is 0 Å². The number of aromatic nitrogens is 1. The van der Waals surface area contributed by atoms with Gasteiger partial charge in [-0.1, -0.05) is 11.6 Å². The SMILES string of the molecule is COc1cc(/C=C/C(=O)O)cc(Cl)c1OCc1cncs1. The van der Waals surface area contributed by atoms with Gasteiger partial charge in [0.05, 0.1) is 22.5 Å². The summed E-state index contributed by atoms with van der Waals surface area (Å²) < 4.78 is 10.9. The van der Waals surface area contributed by atoms with E-state index in [9.17, 15) is 4.79 Å². The largest absolute Gasteiger partial charge is 0.493 e. The maximum atomic E-state index is 10.5. The van der Waals surface area contributed by atoms with E-state index in [0.717, 1.165) is 11.0 Å². The monoisotopic (exact) mass is 325 g/mol. The summed E-state index contributed by atoms with van der Waals surface area (Å²) in [5.74, 6) is -0.173. The number of ether oxygens (including phenoxy) is 2. The third-order valence-corrected chi connectivity index (χ3v) is 3.55. The van der Waals surface area contributed by atoms with Crippen LogP contribution in [0.15, 0.2) is 29.9 Å². The zero-order chi connectivity index (χ0) is 15.2. The molecule has 7 heteroatoms. The molecule has 0 aliphatic carbocycles. The topological polar surface area (TPSA) is 68.7 Å². The lowest BCUT2D eigenvalue weighted by atomic mass is 10.2. The molecule has 0 aliphatic rings. The Morgan fingerprint density at radius 3 is 2.95 bits per heavy atom. The molecule has 1 N–H and O–H groups in total. The fourth-order valence-electron chi connectivity index (χ4n) is 1.60. The minimum absolute atomic E-state index is 0.338. The molecule has 0 saturated heterocycles. The number of methoxy groups -OCH3 is 1. The van der Waals surface area contributed by atoms with Gasteiger partial charge in [-0.2, -0.15) is 0 Å². The average Bonchev–Trinajstić information content (AvgIpc) is 2.96. The van der Waals surface area contributed by atoms with Crippen LogP contribution in [-0.4, -0.2) is 23.2 Å². The number of nitrogens with zero attached hydrogens (tertiary/aromatic N) is 1. The fourth-order valence-corrected chi connectivity index (χ4v) is 2.38. The summed E-state index contributed by atoms with van der Waals surface area (Å²) in [6.07, 6.45) is 4.18. The van der Waals surface area contributed by atoms with Crippen LogP contribution < -0.4 is 9.47 Å². The van der Waals surface area contributed by atoms with Crippen molar-refractivity contribution in [2.75, 3.05) is 7.11 Å². The Labute approximate surface area is 130 Å². The Kier molecular flexibility index (Phi) is 5.19. The maximum absolute atomic E-state index is 10.5. The van der Waals surface area contributed by atoms with Gasteiger partial charge in [-0.15, -0.1) is 11.3 Å². The minimum atomic E-state index is -1.03. The van der Waals surface area contributed by atoms with E-state index >= 15 is 0 Å². The third kappa shape index (κ3) is 4.21. The van der Waals surface area contributed by atoms with Crippen molar-refractivity contribution in [2.24, 2.45) is 0 Å². The van der Waals surface area contributed by atoms with Gasteiger partial charge in [0, 0.05) is 12.3 Å². The Morgan fingerprint density at radius 1 is 1.52 bits per heavy atom. The first kappa shape index (κ1) is 15.3. The summed E-state index contributed by atoms with van der Waals surface area (Å²) in [7, 11) is 1.50. The van der Waals surface area contributed by atoms with Crippen molar-refractivity contribution in [3.05, 3.63) is 45.4 Å². The van der Waals surface area contributed by atoms with Gasteiger partial charge in [-0.3, -0.25) is 4.98 Å². The number of carboxylic acids is 1. The summed E-state index contributed by atoms with van der Waals surface area (Å²) in [5.41, 5.74) is 2.33. The Balaban J connectivity index is 2.22. The second-order valence-corrected chi connectivity index (χ2v) is 5.34. The van der Waals surface area contributed by atoms with Gasteiger partial charge in [-0.05, 0) is 23.8 Å². The van der Waals surface area contributed by atoms with E-state index in [1.54, 1.807) is 23.8 Å². The molecule has 0 atom stereocenters. The van der Waals surface area contributed by atoms with Crippen molar-refractivity contribution in [3.63, 3.8) is 0 Å². The van der Waals surface area contributed by atoms with Crippen LogP contribution in [0.4, 0.5) is 0 Å². The van der Waals surface area contributed by atoms with E-state index in [2.05, 4.69) is 4.98 Å². The van der Waals surface area contributed by atoms with Crippen LogP contribution in [0.5, 0.6) is 11.5 Å². The van der Waals surface area contributed by atoms with E-state index in [4.69, 9.17) is 26.2 Å². The number of carboxylic acid groups (broad SMARTS) is 1. The molecule has 5 nitrogen and oxygen atoms in total. The van der Waals surface area contributed by atoms with Crippen molar-refractivity contribution in [3.8, 4) is 11.5 Å². The number of aliphatic carboxylic acids is 1. The number of thiazole rings is 1. The zero-order valence-corrected chi connectivity index (χ0v) is 12.6. The van der Waals surface area contributed by atoms with Gasteiger partial charge in [0.1, 0.15) is 6.61 Å². The second kappa shape index (κ2) is 7.10. The Bertz CT molecular complexity index is 655. The lowest BCUT2D eigenvalue weighted by Gasteiger charge is -2.12. The molecule has 0 saturated carbocycles. The van der Waals surface area contributed by atoms with E-state index in [0.29, 0.717) is 28.7 Å². The normalized spacial score (nSPS) is 10.8. The lowest BCUT2D eigenvalue weighted by Crippen LogP contribution is -1.97. The smallest absolute Gasteiger partial charge is 0.328 e. The molecular weight excluding hydrogens is 314 g/mol. The number of halogens is 1. The number of hydrogen-bond donors (Lipinski definition) is 1. The van der Waals surface area contributed by atoms with Crippen LogP contribution in [0, 0.1) is 0 Å². The quantitative estimate of drug-likeness (QED) is 0.823. The first-order valence-electron chi connectivity index (χ1n) is 5.89. The first-order chi connectivity index (χ1) is 10.1. The fraction of sp³-hybridized carbons (Fsp3) is 0.143. The lowest BCUT2D eigenvalue weighted by molar-refractivity contribution is -0.131. The minimum Gasteiger partial charge on any atom is -0.493 e. The van der Waals surface area contributed by atoms with Gasteiger partial charge in [0.25, 0.3) is 0 Å². The number of carbonyl (C=O) groups is 1. The van der Waals surface area contributed by atoms with Crippen LogP contribution >= 0.6 is 22.9 Å². The first-order valence-corrected chi connectivity index (χ1v) is 7.14. The highest BCUT2D eigenvalue weighted by atomic mass is 35.5. The molecule has 1 heterocycles. The molecule has 0 bridgehead atoms. The summed E-state index contributed by atoms with van der Waals surface area (Å²) >= 11 is 7.65. The van der Waals surface area contributed by atoms with Crippen LogP contribution in [0.25, 0.3) is 6.08 Å². The molecule has 1 aromatic heterocycles. The molecule has 0 fully saturated rings. The molecule has 2 aromatic rings. The van der Waals surface area contributed by atoms with Gasteiger partial charge >= 0.3 is 5.97 Å². The van der Waals surface area contributed by atoms with Crippen molar-refractivity contribution < 1.29 is 19.4 Å². The molecule has 0 spiro atoms. The summed E-state index contributed by atoms with van der Waals surface area (Å²) in [6, 6.07) is 3.28. The van der Waals surface area contributed by atoms with Crippen LogP contribution in [0.1, 0.15) is 10.4 Å². The standard InChI is InChI=1S/C14H12ClNO4S/c1-19-12-5-9(2-3-13(17)18)4-11(15)14(12)20-7-10-6-16-8-21-10/h2-6,8H,7H2,1H3,(H,17,18)/b3-2+. The predicted molar refractivity (Wildman–Crippen MR) is 81.1 cm³/mol. The molecule has 110 valence electrons. The van der Waals surface area contributed by atoms with Gasteiger partial charge in [-0.25, -0.2) is 4.79 Å². The highest BCUT2D eigenvalue weighted by molar-refractivity contribution is 7.09. The van der Waals surface area contributed by atoms with E-state index in [1.165, 1.54) is 24.5 Å². The number of rotatable bonds is 6. The maximum Gasteiger partial charge on any atom is 0.328 e. The average molecular weight is 326 g/mol. The van der Waals surface area contributed by atoms with Crippen LogP contribution in [0.3, 0.4) is 0 Å². The highest BCUT2D eigenvalue weighted by Gasteiger charge is 2.12. The Hall–Kier alpha value is -2.05. The summed E-state index contributed by atoms with van der Waals surface area (Å²) in [4.78, 5) is 15.5. The molecule has 0 unspecified atom stereocenters.